The van der Waals surface area contributed by atoms with E-state index in [4.69, 9.17) is 4.42 Å². The molecular weight excluding hydrogens is 454 g/mol. The molecule has 2 heterocycles. The molecule has 7 aromatic rings. The van der Waals surface area contributed by atoms with Crippen molar-refractivity contribution in [2.45, 2.75) is 0 Å². The average molecular weight is 476 g/mol. The molecule has 0 bridgehead atoms. The molecule has 4 heteroatoms. The molecule has 174 valence electrons. The lowest BCUT2D eigenvalue weighted by molar-refractivity contribution is 0.669. The van der Waals surface area contributed by atoms with Gasteiger partial charge in [0.15, 0.2) is 0 Å². The first kappa shape index (κ1) is 21.2. The molecule has 0 saturated heterocycles. The van der Waals surface area contributed by atoms with Gasteiger partial charge in [-0.15, -0.1) is 10.2 Å². The monoisotopic (exact) mass is 475 g/mol. The average Bonchev–Trinajstić information content (AvgIpc) is 3.36. The van der Waals surface area contributed by atoms with Crippen molar-refractivity contribution in [1.29, 1.82) is 0 Å². The van der Waals surface area contributed by atoms with E-state index in [0.717, 1.165) is 55.4 Å². The first-order valence-electron chi connectivity index (χ1n) is 12.2. The minimum atomic E-state index is 0.776. The summed E-state index contributed by atoms with van der Waals surface area (Å²) in [4.78, 5) is 0. The second-order valence-corrected chi connectivity index (χ2v) is 8.92. The first-order valence-corrected chi connectivity index (χ1v) is 12.2. The zero-order chi connectivity index (χ0) is 24.6. The number of benzene rings is 5. The Bertz CT molecular complexity index is 1880. The minimum absolute atomic E-state index is 0.776. The van der Waals surface area contributed by atoms with Gasteiger partial charge in [0.2, 0.25) is 0 Å². The van der Waals surface area contributed by atoms with E-state index in [1.54, 1.807) is 6.20 Å². The number of fused-ring (bicyclic) bond motifs is 3. The molecule has 4 nitrogen and oxygen atoms in total. The third-order valence-corrected chi connectivity index (χ3v) is 6.82. The Morgan fingerprint density at radius 3 is 2.00 bits per heavy atom. The highest BCUT2D eigenvalue weighted by Gasteiger charge is 2.21. The van der Waals surface area contributed by atoms with Crippen LogP contribution in [0.15, 0.2) is 132 Å². The van der Waals surface area contributed by atoms with E-state index in [1.807, 2.05) is 30.3 Å². The van der Waals surface area contributed by atoms with E-state index in [0.29, 0.717) is 0 Å². The Labute approximate surface area is 213 Å². The summed E-state index contributed by atoms with van der Waals surface area (Å²) in [6.07, 6.45) is 1.68. The molecule has 0 aliphatic rings. The number of hydrogen-bond donors (Lipinski definition) is 0. The highest BCUT2D eigenvalue weighted by molar-refractivity contribution is 6.17. The summed E-state index contributed by atoms with van der Waals surface area (Å²) in [7, 11) is 0. The van der Waals surface area contributed by atoms with Crippen molar-refractivity contribution >= 4 is 21.9 Å². The normalized spacial score (nSPS) is 11.2. The van der Waals surface area contributed by atoms with Crippen LogP contribution in [0.3, 0.4) is 0 Å². The lowest BCUT2D eigenvalue weighted by atomic mass is 9.85. The maximum absolute atomic E-state index is 6.33. The molecule has 0 aliphatic heterocycles. The Balaban J connectivity index is 1.62. The number of nitrogens with zero attached hydrogens (tertiary/aromatic N) is 3. The van der Waals surface area contributed by atoms with Gasteiger partial charge in [0.05, 0.1) is 11.9 Å². The van der Waals surface area contributed by atoms with Crippen LogP contribution in [-0.2, 0) is 0 Å². The van der Waals surface area contributed by atoms with Gasteiger partial charge < -0.3 is 4.42 Å². The van der Waals surface area contributed by atoms with Crippen molar-refractivity contribution in [2.75, 3.05) is 0 Å². The quantitative estimate of drug-likeness (QED) is 0.256. The van der Waals surface area contributed by atoms with Crippen LogP contribution in [0.2, 0.25) is 0 Å². The van der Waals surface area contributed by atoms with E-state index in [9.17, 15) is 0 Å². The summed E-state index contributed by atoms with van der Waals surface area (Å²) >= 11 is 0. The molecule has 0 saturated carbocycles. The van der Waals surface area contributed by atoms with Crippen molar-refractivity contribution in [3.05, 3.63) is 128 Å². The van der Waals surface area contributed by atoms with Gasteiger partial charge >= 0.3 is 0 Å². The Kier molecular flexibility index (Phi) is 5.07. The number of para-hydroxylation sites is 1. The minimum Gasteiger partial charge on any atom is -0.456 e. The van der Waals surface area contributed by atoms with Crippen molar-refractivity contribution in [3.8, 4) is 44.6 Å². The number of furan rings is 1. The van der Waals surface area contributed by atoms with Gasteiger partial charge in [-0.2, -0.15) is 0 Å². The standard InChI is InChI=1S/C33H21N3O/c1-2-10-22(11-3-1)23-12-4-5-13-24(23)27-18-19-31-33(28-16-8-9-17-30(28)37-31)32(27)26-15-7-6-14-25(26)29-20-21-34-36-35-29/h1-21H. The molecule has 0 radical (unpaired) electrons. The summed E-state index contributed by atoms with van der Waals surface area (Å²) < 4.78 is 6.33. The molecular formula is C33H21N3O. The van der Waals surface area contributed by atoms with E-state index in [-0.39, 0.29) is 0 Å². The molecule has 5 aromatic carbocycles. The van der Waals surface area contributed by atoms with Gasteiger partial charge in [0.25, 0.3) is 0 Å². The molecule has 0 atom stereocenters. The zero-order valence-corrected chi connectivity index (χ0v) is 19.9. The van der Waals surface area contributed by atoms with Gasteiger partial charge in [-0.05, 0) is 57.3 Å². The topological polar surface area (TPSA) is 51.8 Å². The molecule has 0 fully saturated rings. The summed E-state index contributed by atoms with van der Waals surface area (Å²) in [6.45, 7) is 0. The Morgan fingerprint density at radius 1 is 0.486 bits per heavy atom. The SMILES string of the molecule is c1ccc(-c2ccccc2-c2ccc3oc4ccccc4c3c2-c2ccccc2-c2ccnnn2)cc1. The second-order valence-electron chi connectivity index (χ2n) is 8.92. The lowest BCUT2D eigenvalue weighted by Gasteiger charge is -2.18. The molecule has 2 aromatic heterocycles. The van der Waals surface area contributed by atoms with Crippen LogP contribution >= 0.6 is 0 Å². The van der Waals surface area contributed by atoms with Crippen LogP contribution in [0.25, 0.3) is 66.6 Å². The fraction of sp³-hybridized carbons (Fsp3) is 0. The fourth-order valence-electron chi connectivity index (χ4n) is 5.22. The van der Waals surface area contributed by atoms with E-state index >= 15 is 0 Å². The highest BCUT2D eigenvalue weighted by Crippen LogP contribution is 2.47. The largest absolute Gasteiger partial charge is 0.456 e. The summed E-state index contributed by atoms with van der Waals surface area (Å²) in [5.41, 5.74) is 10.3. The molecule has 0 unspecified atom stereocenters. The predicted molar refractivity (Wildman–Crippen MR) is 149 cm³/mol. The van der Waals surface area contributed by atoms with E-state index < -0.39 is 0 Å². The van der Waals surface area contributed by atoms with Gasteiger partial charge in [0.1, 0.15) is 11.2 Å². The Morgan fingerprint density at radius 2 is 1.19 bits per heavy atom. The van der Waals surface area contributed by atoms with Crippen molar-refractivity contribution < 1.29 is 4.42 Å². The van der Waals surface area contributed by atoms with Crippen LogP contribution in [0.1, 0.15) is 0 Å². The van der Waals surface area contributed by atoms with Crippen LogP contribution in [0.5, 0.6) is 0 Å². The highest BCUT2D eigenvalue weighted by atomic mass is 16.3. The predicted octanol–water partition coefficient (Wildman–Crippen LogP) is 8.44. The van der Waals surface area contributed by atoms with Crippen LogP contribution in [-0.4, -0.2) is 15.4 Å². The van der Waals surface area contributed by atoms with Crippen LogP contribution in [0, 0.1) is 0 Å². The molecule has 7 rings (SSSR count). The Hall–Kier alpha value is -5.09. The molecule has 0 amide bonds. The van der Waals surface area contributed by atoms with Gasteiger partial charge in [-0.25, -0.2) is 0 Å². The first-order chi connectivity index (χ1) is 18.4. The van der Waals surface area contributed by atoms with Gasteiger partial charge in [0, 0.05) is 21.9 Å². The number of aromatic nitrogens is 3. The second kappa shape index (κ2) is 8.85. The molecule has 0 aliphatic carbocycles. The third-order valence-electron chi connectivity index (χ3n) is 6.82. The third kappa shape index (κ3) is 3.58. The maximum atomic E-state index is 6.33. The van der Waals surface area contributed by atoms with E-state index in [2.05, 4.69) is 106 Å². The summed E-state index contributed by atoms with van der Waals surface area (Å²) in [6, 6.07) is 41.9. The summed E-state index contributed by atoms with van der Waals surface area (Å²) in [5, 5.41) is 14.3. The zero-order valence-electron chi connectivity index (χ0n) is 19.9. The van der Waals surface area contributed by atoms with Gasteiger partial charge in [-0.1, -0.05) is 97.1 Å². The van der Waals surface area contributed by atoms with Gasteiger partial charge in [-0.3, -0.25) is 0 Å². The smallest absolute Gasteiger partial charge is 0.136 e. The number of rotatable bonds is 4. The van der Waals surface area contributed by atoms with E-state index in [1.165, 1.54) is 11.1 Å². The fourth-order valence-corrected chi connectivity index (χ4v) is 5.22. The maximum Gasteiger partial charge on any atom is 0.136 e. The lowest BCUT2D eigenvalue weighted by Crippen LogP contribution is -1.94. The van der Waals surface area contributed by atoms with Crippen molar-refractivity contribution in [2.24, 2.45) is 0 Å². The number of hydrogen-bond acceptors (Lipinski definition) is 4. The van der Waals surface area contributed by atoms with Crippen LogP contribution < -0.4 is 0 Å². The van der Waals surface area contributed by atoms with Crippen molar-refractivity contribution in [3.63, 3.8) is 0 Å². The molecule has 0 N–H and O–H groups in total. The van der Waals surface area contributed by atoms with Crippen molar-refractivity contribution in [1.82, 2.24) is 15.4 Å². The molecule has 0 spiro atoms. The summed E-state index contributed by atoms with van der Waals surface area (Å²) in [5.74, 6) is 0. The van der Waals surface area contributed by atoms with Crippen LogP contribution in [0.4, 0.5) is 0 Å². The molecule has 37 heavy (non-hydrogen) atoms.